The van der Waals surface area contributed by atoms with Crippen LogP contribution in [0.25, 0.3) is 22.3 Å². The van der Waals surface area contributed by atoms with Crippen molar-refractivity contribution in [1.82, 2.24) is 39.0 Å². The van der Waals surface area contributed by atoms with E-state index in [-0.39, 0.29) is 159 Å². The summed E-state index contributed by atoms with van der Waals surface area (Å²) >= 11 is 0. The highest BCUT2D eigenvalue weighted by atomic mass is 16.7. The minimum Gasteiger partial charge on any atom is -0.507 e. The maximum Gasteiger partial charge on any atom is 0.508 e. The van der Waals surface area contributed by atoms with Gasteiger partial charge in [-0.1, -0.05) is 132 Å². The fraction of sp³-hybridized carbons (Fsp3) is 0.471. The van der Waals surface area contributed by atoms with Crippen LogP contribution in [0.15, 0.2) is 70.8 Å². The Hall–Kier alpha value is -9.16. The Morgan fingerprint density at radius 2 is 0.750 bits per heavy atom. The fourth-order valence-corrected chi connectivity index (χ4v) is 10.7. The van der Waals surface area contributed by atoms with Crippen LogP contribution in [-0.2, 0) is 89.2 Å². The van der Waals surface area contributed by atoms with E-state index < -0.39 is 23.4 Å². The molecule has 0 saturated carbocycles. The Labute approximate surface area is 533 Å². The molecule has 0 fully saturated rings. The summed E-state index contributed by atoms with van der Waals surface area (Å²) in [5.41, 5.74) is 20.2. The topological polar surface area (TPSA) is 328 Å². The molecule has 0 aliphatic heterocycles. The highest BCUT2D eigenvalue weighted by Gasteiger charge is 2.29. The summed E-state index contributed by atoms with van der Waals surface area (Å²) in [4.78, 5) is 71.1. The van der Waals surface area contributed by atoms with Crippen molar-refractivity contribution in [2.45, 2.75) is 157 Å². The third-order valence-corrected chi connectivity index (χ3v) is 15.9. The highest BCUT2D eigenvalue weighted by molar-refractivity contribution is 5.71. The highest BCUT2D eigenvalue weighted by Crippen LogP contribution is 2.44. The molecule has 4 aromatic heterocycles. The van der Waals surface area contributed by atoms with E-state index in [1.54, 1.807) is 0 Å². The molecular formula is C68H86N10O14. The lowest BCUT2D eigenvalue weighted by molar-refractivity contribution is 0.0100. The number of imidazole rings is 2. The Bertz CT molecular complexity index is 3760. The molecule has 1 aliphatic rings. The quantitative estimate of drug-likeness (QED) is 0.0305. The lowest BCUT2D eigenvalue weighted by Gasteiger charge is -2.28. The predicted octanol–water partition coefficient (Wildman–Crippen LogP) is 10.2. The third kappa shape index (κ3) is 16.5. The van der Waals surface area contributed by atoms with Gasteiger partial charge >= 0.3 is 12.3 Å². The molecule has 0 spiro atoms. The van der Waals surface area contributed by atoms with Crippen LogP contribution >= 0.6 is 0 Å². The number of nitrogens with one attached hydrogen (secondary N) is 2. The van der Waals surface area contributed by atoms with Gasteiger partial charge in [0.15, 0.2) is 22.3 Å². The standard InChI is InChI=1S/C68H86N10O14/c1-65(2,3)47-27-39-23-43-31-49(67(7,8)9)33-45(55(43)87-15-13-17-89-63(83)91-21-19-85-37-77-35-71-51-57(77)73-61(69)75-59(51)81)25-41-29-48(66(4,5)6)30-42(54(41)80)26-46-34-50(68(10,11)12)32-44(24-40(28-47)53(39)79)56(46)88-16-14-18-90-64(84)92-22-20-86-38-78-36-72-52-58(78)74-62(70)76-60(52)82/h27-36,79-80H,13-26,37-38H2,1-12H3,(H3,69,73,75,81)(H3,70,74,76,82). The molecule has 4 heterocycles. The zero-order valence-corrected chi connectivity index (χ0v) is 54.7. The van der Waals surface area contributed by atoms with Crippen molar-refractivity contribution in [3.8, 4) is 23.0 Å². The van der Waals surface area contributed by atoms with Crippen molar-refractivity contribution in [3.63, 3.8) is 0 Å². The molecule has 8 bridgehead atoms. The Balaban J connectivity index is 0.964. The van der Waals surface area contributed by atoms with Crippen LogP contribution in [0.3, 0.4) is 0 Å². The summed E-state index contributed by atoms with van der Waals surface area (Å²) in [6.07, 6.45) is 2.80. The molecule has 0 radical (unpaired) electrons. The monoisotopic (exact) mass is 1270 g/mol. The number of rotatable bonds is 20. The number of anilines is 2. The number of benzene rings is 4. The molecule has 0 unspecified atom stereocenters. The van der Waals surface area contributed by atoms with Crippen molar-refractivity contribution in [2.75, 3.05) is 64.3 Å². The molecule has 4 aromatic carbocycles. The second-order valence-electron chi connectivity index (χ2n) is 27.3. The summed E-state index contributed by atoms with van der Waals surface area (Å²) in [7, 11) is 0. The first-order valence-electron chi connectivity index (χ1n) is 30.9. The maximum absolute atomic E-state index is 12.8. The van der Waals surface area contributed by atoms with Gasteiger partial charge in [0.2, 0.25) is 11.9 Å². The lowest BCUT2D eigenvalue weighted by atomic mass is 9.79. The van der Waals surface area contributed by atoms with Crippen molar-refractivity contribution in [3.05, 3.63) is 149 Å². The summed E-state index contributed by atoms with van der Waals surface area (Å²) < 4.78 is 49.5. The van der Waals surface area contributed by atoms with Crippen molar-refractivity contribution in [2.24, 2.45) is 0 Å². The molecule has 24 heteroatoms. The van der Waals surface area contributed by atoms with E-state index in [9.17, 15) is 29.4 Å². The van der Waals surface area contributed by atoms with E-state index in [0.717, 1.165) is 44.5 Å². The number of hydrogen-bond donors (Lipinski definition) is 6. The van der Waals surface area contributed by atoms with E-state index in [2.05, 4.69) is 162 Å². The van der Waals surface area contributed by atoms with Gasteiger partial charge in [-0.2, -0.15) is 9.97 Å². The number of aromatic hydroxyl groups is 2. The average molecular weight is 1270 g/mol. The Kier molecular flexibility index (Phi) is 20.3. The molecule has 9 rings (SSSR count). The van der Waals surface area contributed by atoms with Gasteiger partial charge < -0.3 is 59.6 Å². The zero-order valence-electron chi connectivity index (χ0n) is 54.7. The Morgan fingerprint density at radius 1 is 0.457 bits per heavy atom. The predicted molar refractivity (Wildman–Crippen MR) is 347 cm³/mol. The van der Waals surface area contributed by atoms with E-state index in [0.29, 0.717) is 46.6 Å². The first-order chi connectivity index (χ1) is 43.4. The third-order valence-electron chi connectivity index (χ3n) is 15.9. The molecule has 1 aliphatic carbocycles. The summed E-state index contributed by atoms with van der Waals surface area (Å²) in [5.74, 6) is 1.38. The van der Waals surface area contributed by atoms with Crippen LogP contribution in [0.1, 0.15) is 163 Å². The lowest BCUT2D eigenvalue weighted by Crippen LogP contribution is -2.17. The molecular weight excluding hydrogens is 1180 g/mol. The van der Waals surface area contributed by atoms with Crippen molar-refractivity contribution < 1.29 is 57.7 Å². The second-order valence-corrected chi connectivity index (χ2v) is 27.3. The number of carbonyl (C=O) groups is 2. The van der Waals surface area contributed by atoms with Gasteiger partial charge in [-0.15, -0.1) is 0 Å². The van der Waals surface area contributed by atoms with Crippen LogP contribution in [0.2, 0.25) is 0 Å². The van der Waals surface area contributed by atoms with Crippen LogP contribution < -0.4 is 32.1 Å². The first kappa shape index (κ1) is 67.2. The van der Waals surface area contributed by atoms with E-state index in [4.69, 9.17) is 49.4 Å². The molecule has 24 nitrogen and oxygen atoms in total. The molecule has 0 atom stereocenters. The summed E-state index contributed by atoms with van der Waals surface area (Å²) in [5, 5.41) is 25.6. The van der Waals surface area contributed by atoms with Gasteiger partial charge in [0.25, 0.3) is 11.1 Å². The number of aromatic nitrogens is 8. The largest absolute Gasteiger partial charge is 0.508 e. The van der Waals surface area contributed by atoms with Crippen LogP contribution in [0, 0.1) is 0 Å². The summed E-state index contributed by atoms with van der Waals surface area (Å²) in [6, 6.07) is 16.9. The smallest absolute Gasteiger partial charge is 0.507 e. The molecule has 8 aromatic rings. The van der Waals surface area contributed by atoms with Crippen LogP contribution in [-0.4, -0.2) is 114 Å². The number of nitrogens with zero attached hydrogens (tertiary/aromatic N) is 6. The number of carbonyl (C=O) groups excluding carboxylic acids is 2. The molecule has 0 saturated heterocycles. The van der Waals surface area contributed by atoms with Crippen LogP contribution in [0.4, 0.5) is 21.5 Å². The van der Waals surface area contributed by atoms with Gasteiger partial charge in [-0.05, 0) is 88.4 Å². The number of phenolic OH excluding ortho intramolecular Hbond substituents is 2. The molecule has 8 N–H and O–H groups in total. The number of ether oxygens (including phenoxy) is 8. The fourth-order valence-electron chi connectivity index (χ4n) is 10.7. The SMILES string of the molecule is CC(C)(C)c1cc2c(O)c(c1)Cc1cc(C(C)(C)C)cc(c1OCCCOC(=O)OCCOCn1cnc3c(=O)[nH]c(N)nc31)Cc1cc(C(C)(C)C)cc(c1O)Cc1cc(C(C)(C)C)cc(c1OCCCOC(=O)OCCOCn1cnc3c(=O)[nH]c(N)nc31)C2. The maximum atomic E-state index is 12.8. The van der Waals surface area contributed by atoms with E-state index in [1.165, 1.54) is 21.8 Å². The minimum absolute atomic E-state index is 0.0133. The van der Waals surface area contributed by atoms with Gasteiger partial charge in [-0.3, -0.25) is 28.7 Å². The van der Waals surface area contributed by atoms with Gasteiger partial charge in [0.1, 0.15) is 49.7 Å². The number of H-pyrrole nitrogens is 2. The Morgan fingerprint density at radius 3 is 1.05 bits per heavy atom. The van der Waals surface area contributed by atoms with Gasteiger partial charge in [-0.25, -0.2) is 19.6 Å². The number of aromatic amines is 2. The number of hydrogen-bond acceptors (Lipinski definition) is 20. The van der Waals surface area contributed by atoms with Crippen molar-refractivity contribution >= 4 is 46.5 Å². The first-order valence-corrected chi connectivity index (χ1v) is 30.9. The minimum atomic E-state index is -0.879. The second kappa shape index (κ2) is 27.7. The van der Waals surface area contributed by atoms with E-state index >= 15 is 0 Å². The zero-order chi connectivity index (χ0) is 66.5. The number of nitrogens with two attached hydrogens (primary N) is 2. The van der Waals surface area contributed by atoms with Gasteiger partial charge in [0.05, 0.1) is 52.3 Å². The van der Waals surface area contributed by atoms with Gasteiger partial charge in [0, 0.05) is 38.5 Å². The van der Waals surface area contributed by atoms with Crippen LogP contribution in [0.5, 0.6) is 23.0 Å². The average Bonchev–Trinajstić information content (AvgIpc) is 1.62. The van der Waals surface area contributed by atoms with E-state index in [1.807, 2.05) is 0 Å². The number of fused-ring (bicyclic) bond motifs is 10. The molecule has 92 heavy (non-hydrogen) atoms. The summed E-state index contributed by atoms with van der Waals surface area (Å²) in [6.45, 7) is 25.9. The number of nitrogen functional groups attached to an aromatic ring is 2. The van der Waals surface area contributed by atoms with Crippen molar-refractivity contribution in [1.29, 1.82) is 0 Å². The normalized spacial score (nSPS) is 12.9. The number of phenols is 2. The molecule has 0 amide bonds. The molecule has 492 valence electrons.